The van der Waals surface area contributed by atoms with Gasteiger partial charge in [-0.15, -0.1) is 10.2 Å². The molecule has 2 aromatic heterocycles. The van der Waals surface area contributed by atoms with Crippen LogP contribution in [0.15, 0.2) is 18.3 Å². The molecule has 0 aliphatic carbocycles. The molecule has 0 aliphatic heterocycles. The number of pyridine rings is 1. The molecule has 0 N–H and O–H groups in total. The number of rotatable bonds is 1. The highest BCUT2D eigenvalue weighted by atomic mass is 15.3. The quantitative estimate of drug-likeness (QED) is 0.681. The molecule has 0 aliphatic rings. The third kappa shape index (κ3) is 1.28. The average molecular weight is 188 g/mol. The van der Waals surface area contributed by atoms with Gasteiger partial charge in [-0.05, 0) is 26.0 Å². The smallest absolute Gasteiger partial charge is 0.165 e. The number of nitrogens with zero attached hydrogens (tertiary/aromatic N) is 4. The van der Waals surface area contributed by atoms with E-state index >= 15 is 0 Å². The Balaban J connectivity index is 2.60. The van der Waals surface area contributed by atoms with Gasteiger partial charge in [0.1, 0.15) is 5.82 Å². The molecule has 0 atom stereocenters. The van der Waals surface area contributed by atoms with E-state index < -0.39 is 0 Å². The third-order valence-corrected chi connectivity index (χ3v) is 2.34. The molecule has 14 heavy (non-hydrogen) atoms. The maximum absolute atomic E-state index is 4.22. The number of hydrogen-bond donors (Lipinski definition) is 0. The van der Waals surface area contributed by atoms with Gasteiger partial charge in [-0.1, -0.05) is 0 Å². The average Bonchev–Trinajstić information content (AvgIpc) is 2.49. The van der Waals surface area contributed by atoms with E-state index in [2.05, 4.69) is 15.2 Å². The highest BCUT2D eigenvalue weighted by molar-refractivity contribution is 5.57. The second kappa shape index (κ2) is 3.21. The standard InChI is InChI=1S/C10H12N4/c1-7-9(5-4-6-11-7)10-13-12-8(2)14(10)3/h4-6H,1-3H3. The Labute approximate surface area is 82.6 Å². The Morgan fingerprint density at radius 1 is 1.21 bits per heavy atom. The van der Waals surface area contributed by atoms with Crippen LogP contribution >= 0.6 is 0 Å². The van der Waals surface area contributed by atoms with Crippen LogP contribution in [0.3, 0.4) is 0 Å². The van der Waals surface area contributed by atoms with Crippen molar-refractivity contribution >= 4 is 0 Å². The van der Waals surface area contributed by atoms with Crippen LogP contribution in [-0.4, -0.2) is 19.7 Å². The fourth-order valence-corrected chi connectivity index (χ4v) is 1.36. The van der Waals surface area contributed by atoms with Gasteiger partial charge in [0, 0.05) is 24.5 Å². The van der Waals surface area contributed by atoms with Crippen LogP contribution in [0.2, 0.25) is 0 Å². The summed E-state index contributed by atoms with van der Waals surface area (Å²) < 4.78 is 1.96. The van der Waals surface area contributed by atoms with E-state index in [1.165, 1.54) is 0 Å². The van der Waals surface area contributed by atoms with Crippen LogP contribution in [0.1, 0.15) is 11.5 Å². The number of hydrogen-bond acceptors (Lipinski definition) is 3. The summed E-state index contributed by atoms with van der Waals surface area (Å²) in [5.41, 5.74) is 2.01. The van der Waals surface area contributed by atoms with Crippen molar-refractivity contribution < 1.29 is 0 Å². The van der Waals surface area contributed by atoms with Gasteiger partial charge in [0.15, 0.2) is 5.82 Å². The van der Waals surface area contributed by atoms with Gasteiger partial charge in [-0.2, -0.15) is 0 Å². The lowest BCUT2D eigenvalue weighted by Gasteiger charge is -2.03. The molecule has 0 amide bonds. The summed E-state index contributed by atoms with van der Waals surface area (Å²) in [6.07, 6.45) is 1.78. The van der Waals surface area contributed by atoms with E-state index in [-0.39, 0.29) is 0 Å². The Bertz CT molecular complexity index is 459. The van der Waals surface area contributed by atoms with Crippen molar-refractivity contribution in [2.45, 2.75) is 13.8 Å². The summed E-state index contributed by atoms with van der Waals surface area (Å²) in [5, 5.41) is 8.14. The van der Waals surface area contributed by atoms with Crippen molar-refractivity contribution in [1.82, 2.24) is 19.7 Å². The van der Waals surface area contributed by atoms with Crippen molar-refractivity contribution in [3.05, 3.63) is 29.8 Å². The summed E-state index contributed by atoms with van der Waals surface area (Å²) in [6, 6.07) is 3.91. The van der Waals surface area contributed by atoms with Crippen LogP contribution in [0.5, 0.6) is 0 Å². The van der Waals surface area contributed by atoms with E-state index in [1.54, 1.807) is 6.20 Å². The first-order chi connectivity index (χ1) is 6.70. The van der Waals surface area contributed by atoms with Crippen molar-refractivity contribution in [3.8, 4) is 11.4 Å². The SMILES string of the molecule is Cc1ncccc1-c1nnc(C)n1C. The molecule has 72 valence electrons. The lowest BCUT2D eigenvalue weighted by molar-refractivity contribution is 0.863. The van der Waals surface area contributed by atoms with Gasteiger partial charge >= 0.3 is 0 Å². The van der Waals surface area contributed by atoms with Crippen LogP contribution < -0.4 is 0 Å². The lowest BCUT2D eigenvalue weighted by Crippen LogP contribution is -1.97. The fourth-order valence-electron chi connectivity index (χ4n) is 1.36. The van der Waals surface area contributed by atoms with E-state index in [9.17, 15) is 0 Å². The molecule has 0 spiro atoms. The van der Waals surface area contributed by atoms with Crippen LogP contribution in [0.4, 0.5) is 0 Å². The maximum atomic E-state index is 4.22. The molecule has 0 fully saturated rings. The largest absolute Gasteiger partial charge is 0.314 e. The monoisotopic (exact) mass is 188 g/mol. The van der Waals surface area contributed by atoms with Crippen molar-refractivity contribution in [2.24, 2.45) is 7.05 Å². The van der Waals surface area contributed by atoms with Crippen molar-refractivity contribution in [3.63, 3.8) is 0 Å². The second-order valence-corrected chi connectivity index (χ2v) is 3.27. The van der Waals surface area contributed by atoms with Crippen molar-refractivity contribution in [1.29, 1.82) is 0 Å². The molecule has 0 aromatic carbocycles. The maximum Gasteiger partial charge on any atom is 0.165 e. The van der Waals surface area contributed by atoms with Crippen molar-refractivity contribution in [2.75, 3.05) is 0 Å². The minimum absolute atomic E-state index is 0.869. The fraction of sp³-hybridized carbons (Fsp3) is 0.300. The van der Waals surface area contributed by atoms with E-state index in [4.69, 9.17) is 0 Å². The molecular formula is C10H12N4. The molecule has 4 nitrogen and oxygen atoms in total. The Morgan fingerprint density at radius 2 is 2.00 bits per heavy atom. The zero-order valence-electron chi connectivity index (χ0n) is 8.52. The predicted molar refractivity (Wildman–Crippen MR) is 53.7 cm³/mol. The molecule has 2 aromatic rings. The summed E-state index contributed by atoms with van der Waals surface area (Å²) in [6.45, 7) is 3.90. The lowest BCUT2D eigenvalue weighted by atomic mass is 10.2. The first-order valence-electron chi connectivity index (χ1n) is 4.48. The topological polar surface area (TPSA) is 43.6 Å². The van der Waals surface area contributed by atoms with Crippen LogP contribution in [0, 0.1) is 13.8 Å². The highest BCUT2D eigenvalue weighted by Crippen LogP contribution is 2.18. The summed E-state index contributed by atoms with van der Waals surface area (Å²) >= 11 is 0. The van der Waals surface area contributed by atoms with E-state index in [0.29, 0.717) is 0 Å². The molecule has 2 heterocycles. The molecule has 0 radical (unpaired) electrons. The second-order valence-electron chi connectivity index (χ2n) is 3.27. The Hall–Kier alpha value is -1.71. The van der Waals surface area contributed by atoms with Gasteiger partial charge in [-0.3, -0.25) is 4.98 Å². The number of aromatic nitrogens is 4. The number of aryl methyl sites for hydroxylation is 2. The Kier molecular flexibility index (Phi) is 2.04. The summed E-state index contributed by atoms with van der Waals surface area (Å²) in [7, 11) is 1.96. The molecule has 0 unspecified atom stereocenters. The first-order valence-corrected chi connectivity index (χ1v) is 4.48. The third-order valence-electron chi connectivity index (χ3n) is 2.34. The Morgan fingerprint density at radius 3 is 2.57 bits per heavy atom. The molecule has 4 heteroatoms. The zero-order chi connectivity index (χ0) is 10.1. The van der Waals surface area contributed by atoms with Gasteiger partial charge in [-0.25, -0.2) is 0 Å². The summed E-state index contributed by atoms with van der Waals surface area (Å²) in [5.74, 6) is 1.77. The molecule has 2 rings (SSSR count). The van der Waals surface area contributed by atoms with Gasteiger partial charge < -0.3 is 4.57 Å². The van der Waals surface area contributed by atoms with Gasteiger partial charge in [0.05, 0.1) is 0 Å². The van der Waals surface area contributed by atoms with Gasteiger partial charge in [0.2, 0.25) is 0 Å². The minimum Gasteiger partial charge on any atom is -0.314 e. The van der Waals surface area contributed by atoms with E-state index in [0.717, 1.165) is 22.9 Å². The normalized spacial score (nSPS) is 10.5. The zero-order valence-corrected chi connectivity index (χ0v) is 8.52. The molecule has 0 saturated heterocycles. The first kappa shape index (κ1) is 8.87. The molecule has 0 saturated carbocycles. The molecule has 0 bridgehead atoms. The minimum atomic E-state index is 0.869. The predicted octanol–water partition coefficient (Wildman–Crippen LogP) is 1.49. The molecular weight excluding hydrogens is 176 g/mol. The van der Waals surface area contributed by atoms with E-state index in [1.807, 2.05) is 37.6 Å². The summed E-state index contributed by atoms with van der Waals surface area (Å²) in [4.78, 5) is 4.22. The highest BCUT2D eigenvalue weighted by Gasteiger charge is 2.09. The van der Waals surface area contributed by atoms with Crippen LogP contribution in [-0.2, 0) is 7.05 Å². The van der Waals surface area contributed by atoms with Gasteiger partial charge in [0.25, 0.3) is 0 Å². The van der Waals surface area contributed by atoms with Crippen LogP contribution in [0.25, 0.3) is 11.4 Å².